The van der Waals surface area contributed by atoms with Crippen LogP contribution in [0, 0.1) is 0 Å². The Bertz CT molecular complexity index is 1080. The Labute approximate surface area is 155 Å². The van der Waals surface area contributed by atoms with Gasteiger partial charge in [-0.15, -0.1) is 10.2 Å². The smallest absolute Gasteiger partial charge is 0.397 e. The molecule has 0 saturated heterocycles. The molecule has 7 nitrogen and oxygen atoms in total. The van der Waals surface area contributed by atoms with Gasteiger partial charge in [0.2, 0.25) is 9.84 Å². The highest BCUT2D eigenvalue weighted by Crippen LogP contribution is 2.32. The second-order valence-corrected chi connectivity index (χ2v) is 8.31. The molecule has 1 aromatic carbocycles. The number of pyridine rings is 1. The highest BCUT2D eigenvalue weighted by atomic mass is 32.2. The zero-order valence-electron chi connectivity index (χ0n) is 13.3. The number of nitrogens with zero attached hydrogens (tertiary/aromatic N) is 3. The van der Waals surface area contributed by atoms with Crippen LogP contribution in [0.4, 0.5) is 18.9 Å². The molecule has 0 radical (unpaired) electrons. The predicted octanol–water partition coefficient (Wildman–Crippen LogP) is 2.53. The SMILES string of the molecule is Nc1cc(S(=O)(=O)c2ccc(C(F)(F)F)cc2)cnc1-c1nnc(CO)s1. The minimum absolute atomic E-state index is 0.00336. The monoisotopic (exact) mass is 416 g/mol. The van der Waals surface area contributed by atoms with E-state index in [9.17, 15) is 21.6 Å². The van der Waals surface area contributed by atoms with Crippen LogP contribution in [-0.2, 0) is 22.6 Å². The van der Waals surface area contributed by atoms with Crippen molar-refractivity contribution in [1.29, 1.82) is 0 Å². The maximum absolute atomic E-state index is 12.6. The van der Waals surface area contributed by atoms with Crippen molar-refractivity contribution in [3.63, 3.8) is 0 Å². The molecule has 12 heteroatoms. The molecule has 0 bridgehead atoms. The number of rotatable bonds is 4. The number of alkyl halides is 3. The molecule has 0 aliphatic rings. The molecule has 0 unspecified atom stereocenters. The number of aromatic nitrogens is 3. The van der Waals surface area contributed by atoms with Crippen LogP contribution in [0.1, 0.15) is 10.6 Å². The lowest BCUT2D eigenvalue weighted by Crippen LogP contribution is -2.07. The molecule has 0 spiro atoms. The standard InChI is InChI=1S/C15H11F3N4O3S2/c16-15(17,18)8-1-3-9(4-2-8)27(24,25)10-5-11(19)13(20-6-10)14-22-21-12(7-23)26-14/h1-6,23H,7,19H2. The lowest BCUT2D eigenvalue weighted by Gasteiger charge is -2.09. The van der Waals surface area contributed by atoms with Gasteiger partial charge in [-0.2, -0.15) is 13.2 Å². The first-order valence-electron chi connectivity index (χ1n) is 7.24. The van der Waals surface area contributed by atoms with Crippen LogP contribution in [0.5, 0.6) is 0 Å². The zero-order valence-corrected chi connectivity index (χ0v) is 14.9. The predicted molar refractivity (Wildman–Crippen MR) is 90.4 cm³/mol. The van der Waals surface area contributed by atoms with Crippen molar-refractivity contribution in [2.24, 2.45) is 0 Å². The minimum Gasteiger partial charge on any atom is -0.397 e. The molecule has 0 aliphatic carbocycles. The molecule has 3 N–H and O–H groups in total. The number of halogens is 3. The van der Waals surface area contributed by atoms with Crippen LogP contribution in [0.3, 0.4) is 0 Å². The van der Waals surface area contributed by atoms with Crippen molar-refractivity contribution in [3.8, 4) is 10.7 Å². The van der Waals surface area contributed by atoms with Crippen molar-refractivity contribution in [2.45, 2.75) is 22.6 Å². The van der Waals surface area contributed by atoms with Crippen molar-refractivity contribution in [3.05, 3.63) is 47.1 Å². The first-order valence-corrected chi connectivity index (χ1v) is 9.54. The first kappa shape index (κ1) is 19.2. The van der Waals surface area contributed by atoms with Crippen LogP contribution in [0.2, 0.25) is 0 Å². The van der Waals surface area contributed by atoms with E-state index in [0.717, 1.165) is 35.7 Å². The summed E-state index contributed by atoms with van der Waals surface area (Å²) in [7, 11) is -4.10. The maximum atomic E-state index is 12.6. The summed E-state index contributed by atoms with van der Waals surface area (Å²) in [5.41, 5.74) is 5.10. The average Bonchev–Trinajstić information content (AvgIpc) is 3.10. The van der Waals surface area contributed by atoms with E-state index in [0.29, 0.717) is 22.1 Å². The van der Waals surface area contributed by atoms with Gasteiger partial charge in [0.25, 0.3) is 0 Å². The lowest BCUT2D eigenvalue weighted by atomic mass is 10.2. The number of sulfone groups is 1. The van der Waals surface area contributed by atoms with E-state index in [1.165, 1.54) is 0 Å². The summed E-state index contributed by atoms with van der Waals surface area (Å²) in [6.45, 7) is -0.308. The normalized spacial score (nSPS) is 12.3. The largest absolute Gasteiger partial charge is 0.416 e. The van der Waals surface area contributed by atoms with Crippen molar-refractivity contribution in [2.75, 3.05) is 5.73 Å². The van der Waals surface area contributed by atoms with E-state index >= 15 is 0 Å². The molecule has 0 saturated carbocycles. The minimum atomic E-state index is -4.56. The Morgan fingerprint density at radius 2 is 1.78 bits per heavy atom. The third-order valence-electron chi connectivity index (χ3n) is 3.50. The number of nitrogens with two attached hydrogens (primary N) is 1. The Morgan fingerprint density at radius 3 is 2.30 bits per heavy atom. The molecule has 3 rings (SSSR count). The van der Waals surface area contributed by atoms with Crippen molar-refractivity contribution in [1.82, 2.24) is 15.2 Å². The first-order chi connectivity index (χ1) is 12.6. The lowest BCUT2D eigenvalue weighted by molar-refractivity contribution is -0.137. The van der Waals surface area contributed by atoms with Crippen molar-refractivity contribution >= 4 is 26.9 Å². The van der Waals surface area contributed by atoms with Gasteiger partial charge >= 0.3 is 6.18 Å². The summed E-state index contributed by atoms with van der Waals surface area (Å²) < 4.78 is 63.1. The quantitative estimate of drug-likeness (QED) is 0.671. The summed E-state index contributed by atoms with van der Waals surface area (Å²) in [4.78, 5) is 3.40. The molecule has 0 aliphatic heterocycles. The third-order valence-corrected chi connectivity index (χ3v) is 6.15. The Kier molecular flexibility index (Phi) is 4.88. The van der Waals surface area contributed by atoms with Crippen LogP contribution in [-0.4, -0.2) is 28.7 Å². The number of anilines is 1. The number of aliphatic hydroxyl groups is 1. The summed E-state index contributed by atoms with van der Waals surface area (Å²) in [6, 6.07) is 4.28. The summed E-state index contributed by atoms with van der Waals surface area (Å²) in [5, 5.41) is 17.2. The molecule has 0 fully saturated rings. The molecule has 27 heavy (non-hydrogen) atoms. The van der Waals surface area contributed by atoms with Gasteiger partial charge in [-0.3, -0.25) is 4.98 Å². The van der Waals surface area contributed by atoms with E-state index in [1.807, 2.05) is 0 Å². The van der Waals surface area contributed by atoms with Gasteiger partial charge in [0.05, 0.1) is 27.6 Å². The maximum Gasteiger partial charge on any atom is 0.416 e. The van der Waals surface area contributed by atoms with Gasteiger partial charge in [-0.1, -0.05) is 11.3 Å². The second kappa shape index (κ2) is 6.87. The second-order valence-electron chi connectivity index (χ2n) is 5.29. The average molecular weight is 416 g/mol. The van der Waals surface area contributed by atoms with Gasteiger partial charge in [-0.25, -0.2) is 8.42 Å². The fourth-order valence-electron chi connectivity index (χ4n) is 2.16. The van der Waals surface area contributed by atoms with Gasteiger partial charge in [0.1, 0.15) is 10.7 Å². The number of hydrogen-bond donors (Lipinski definition) is 2. The van der Waals surface area contributed by atoms with Gasteiger partial charge in [0, 0.05) is 6.20 Å². The Balaban J connectivity index is 1.96. The van der Waals surface area contributed by atoms with Gasteiger partial charge in [-0.05, 0) is 30.3 Å². The van der Waals surface area contributed by atoms with E-state index in [4.69, 9.17) is 10.8 Å². The van der Waals surface area contributed by atoms with E-state index in [-0.39, 0.29) is 27.8 Å². The zero-order chi connectivity index (χ0) is 19.8. The number of hydrogen-bond acceptors (Lipinski definition) is 8. The number of benzene rings is 1. The summed E-state index contributed by atoms with van der Waals surface area (Å²) >= 11 is 1.04. The van der Waals surface area contributed by atoms with E-state index < -0.39 is 21.6 Å². The Morgan fingerprint density at radius 1 is 1.11 bits per heavy atom. The van der Waals surface area contributed by atoms with E-state index in [2.05, 4.69) is 15.2 Å². The summed E-state index contributed by atoms with van der Waals surface area (Å²) in [6.07, 6.45) is -3.52. The highest BCUT2D eigenvalue weighted by molar-refractivity contribution is 7.91. The summed E-state index contributed by atoms with van der Waals surface area (Å²) in [5.74, 6) is 0. The van der Waals surface area contributed by atoms with Crippen molar-refractivity contribution < 1.29 is 26.7 Å². The topological polar surface area (TPSA) is 119 Å². The molecule has 0 atom stereocenters. The van der Waals surface area contributed by atoms with Crippen LogP contribution in [0.25, 0.3) is 10.7 Å². The van der Waals surface area contributed by atoms with Gasteiger partial charge < -0.3 is 10.8 Å². The molecule has 142 valence electrons. The Hall–Kier alpha value is -2.57. The van der Waals surface area contributed by atoms with Gasteiger partial charge in [0.15, 0.2) is 5.01 Å². The fourth-order valence-corrected chi connectivity index (χ4v) is 4.12. The number of aliphatic hydroxyl groups excluding tert-OH is 1. The molecule has 0 amide bonds. The van der Waals surface area contributed by atoms with E-state index in [1.54, 1.807) is 0 Å². The molecular formula is C15H11F3N4O3S2. The molecule has 2 aromatic heterocycles. The molecular weight excluding hydrogens is 405 g/mol. The number of nitrogen functional groups attached to an aromatic ring is 1. The molecule has 2 heterocycles. The van der Waals surface area contributed by atoms with Crippen LogP contribution < -0.4 is 5.73 Å². The molecule has 3 aromatic rings. The fraction of sp³-hybridized carbons (Fsp3) is 0.133. The van der Waals surface area contributed by atoms with Crippen LogP contribution >= 0.6 is 11.3 Å². The highest BCUT2D eigenvalue weighted by Gasteiger charge is 2.31. The third kappa shape index (κ3) is 3.77. The van der Waals surface area contributed by atoms with Crippen LogP contribution in [0.15, 0.2) is 46.3 Å².